The second-order valence-corrected chi connectivity index (χ2v) is 29.9. The van der Waals surface area contributed by atoms with Crippen LogP contribution in [0.3, 0.4) is 0 Å². The van der Waals surface area contributed by atoms with Crippen molar-refractivity contribution in [3.05, 3.63) is 122 Å². The van der Waals surface area contributed by atoms with E-state index >= 15 is 0 Å². The van der Waals surface area contributed by atoms with Gasteiger partial charge in [-0.15, -0.1) is 0 Å². The van der Waals surface area contributed by atoms with Crippen molar-refractivity contribution in [3.63, 3.8) is 0 Å². The van der Waals surface area contributed by atoms with E-state index in [-0.39, 0.29) is 25.7 Å². The van der Waals surface area contributed by atoms with Crippen LogP contribution < -0.4 is 0 Å². The lowest BCUT2D eigenvalue weighted by Crippen LogP contribution is -2.30. The third kappa shape index (κ3) is 75.7. The minimum Gasteiger partial charge on any atom is -0.462 e. The van der Waals surface area contributed by atoms with E-state index in [1.165, 1.54) is 77.0 Å². The number of carbonyl (C=O) groups is 4. The summed E-state index contributed by atoms with van der Waals surface area (Å²) in [6.07, 6.45) is 84.5. The summed E-state index contributed by atoms with van der Waals surface area (Å²) in [7, 11) is -9.99. The van der Waals surface area contributed by atoms with E-state index in [0.29, 0.717) is 32.1 Å². The van der Waals surface area contributed by atoms with Gasteiger partial charge in [-0.1, -0.05) is 271 Å². The molecular formula is C85H146O17P2. The molecular weight excluding hydrogens is 1350 g/mol. The van der Waals surface area contributed by atoms with Gasteiger partial charge in [0.25, 0.3) is 0 Å². The number of allylic oxidation sites excluding steroid dienone is 20. The van der Waals surface area contributed by atoms with Crippen LogP contribution in [0.15, 0.2) is 122 Å². The topological polar surface area (TPSA) is 237 Å². The molecule has 598 valence electrons. The van der Waals surface area contributed by atoms with Gasteiger partial charge in [-0.05, 0) is 161 Å². The van der Waals surface area contributed by atoms with E-state index in [4.69, 9.17) is 37.0 Å². The first-order chi connectivity index (χ1) is 50.7. The van der Waals surface area contributed by atoms with Crippen LogP contribution in [0.2, 0.25) is 0 Å². The summed E-state index contributed by atoms with van der Waals surface area (Å²) in [5, 5.41) is 10.6. The molecule has 0 spiro atoms. The Morgan fingerprint density at radius 3 is 0.760 bits per heavy atom. The molecule has 0 radical (unpaired) electrons. The first-order valence-electron chi connectivity index (χ1n) is 40.8. The number of phosphoric ester groups is 2. The van der Waals surface area contributed by atoms with E-state index in [1.807, 2.05) is 12.2 Å². The molecule has 0 rings (SSSR count). The smallest absolute Gasteiger partial charge is 0.462 e. The fourth-order valence-corrected chi connectivity index (χ4v) is 12.2. The molecule has 0 heterocycles. The van der Waals surface area contributed by atoms with Crippen molar-refractivity contribution in [3.8, 4) is 0 Å². The summed E-state index contributed by atoms with van der Waals surface area (Å²) in [6, 6.07) is 0. The average Bonchev–Trinajstić information content (AvgIpc) is 0.926. The summed E-state index contributed by atoms with van der Waals surface area (Å²) in [4.78, 5) is 73.1. The molecule has 0 amide bonds. The predicted octanol–water partition coefficient (Wildman–Crippen LogP) is 23.9. The number of esters is 4. The molecule has 0 fully saturated rings. The number of aliphatic hydroxyl groups excluding tert-OH is 1. The Balaban J connectivity index is 5.44. The molecule has 104 heavy (non-hydrogen) atoms. The van der Waals surface area contributed by atoms with Crippen molar-refractivity contribution in [1.29, 1.82) is 0 Å². The minimum atomic E-state index is -5.00. The van der Waals surface area contributed by atoms with Gasteiger partial charge in [-0.2, -0.15) is 0 Å². The lowest BCUT2D eigenvalue weighted by Gasteiger charge is -2.21. The van der Waals surface area contributed by atoms with Gasteiger partial charge in [0.2, 0.25) is 0 Å². The molecule has 0 aliphatic rings. The molecule has 17 nitrogen and oxygen atoms in total. The van der Waals surface area contributed by atoms with Crippen LogP contribution in [0.1, 0.15) is 336 Å². The van der Waals surface area contributed by atoms with Crippen LogP contribution in [-0.4, -0.2) is 96.7 Å². The van der Waals surface area contributed by atoms with E-state index < -0.39 is 97.5 Å². The van der Waals surface area contributed by atoms with Crippen molar-refractivity contribution in [1.82, 2.24) is 0 Å². The van der Waals surface area contributed by atoms with E-state index in [2.05, 4.69) is 137 Å². The van der Waals surface area contributed by atoms with E-state index in [0.717, 1.165) is 173 Å². The molecule has 3 N–H and O–H groups in total. The summed E-state index contributed by atoms with van der Waals surface area (Å²) in [5.41, 5.74) is 0. The van der Waals surface area contributed by atoms with Gasteiger partial charge in [0.05, 0.1) is 26.4 Å². The van der Waals surface area contributed by atoms with E-state index in [1.54, 1.807) is 0 Å². The molecule has 5 atom stereocenters. The molecule has 19 heteroatoms. The molecule has 0 saturated carbocycles. The number of carbonyl (C=O) groups excluding carboxylic acids is 4. The van der Waals surface area contributed by atoms with Gasteiger partial charge in [-0.25, -0.2) is 9.13 Å². The lowest BCUT2D eigenvalue weighted by molar-refractivity contribution is -0.161. The van der Waals surface area contributed by atoms with Crippen LogP contribution >= 0.6 is 15.6 Å². The van der Waals surface area contributed by atoms with Gasteiger partial charge >= 0.3 is 39.5 Å². The van der Waals surface area contributed by atoms with Crippen molar-refractivity contribution >= 4 is 39.5 Å². The summed E-state index contributed by atoms with van der Waals surface area (Å²) in [5.74, 6) is -2.27. The van der Waals surface area contributed by atoms with Crippen LogP contribution in [0.4, 0.5) is 0 Å². The maximum Gasteiger partial charge on any atom is 0.472 e. The SMILES string of the molecule is CCCCCC=CCC=CCC=CCC=CCCCC(=O)OC[C@H](COP(=O)(O)OCC(O)COP(=O)(O)OC[C@@H](COC(=O)CCCCCCCC=CCC=CCCCCC)OC(=O)CCCCCCCC=CCC=CCCCCC)OC(=O)CCCCCCCCCC=CCC=CCCCCC. The van der Waals surface area contributed by atoms with Crippen molar-refractivity contribution in [2.45, 2.75) is 354 Å². The maximum absolute atomic E-state index is 13.1. The van der Waals surface area contributed by atoms with Crippen LogP contribution in [0.5, 0.6) is 0 Å². The zero-order valence-electron chi connectivity index (χ0n) is 65.4. The van der Waals surface area contributed by atoms with Gasteiger partial charge in [0, 0.05) is 25.7 Å². The quantitative estimate of drug-likeness (QED) is 0.0169. The number of aliphatic hydroxyl groups is 1. The third-order valence-corrected chi connectivity index (χ3v) is 18.8. The van der Waals surface area contributed by atoms with Crippen LogP contribution in [-0.2, 0) is 65.4 Å². The molecule has 0 aromatic heterocycles. The van der Waals surface area contributed by atoms with Crippen molar-refractivity contribution < 1.29 is 80.2 Å². The Morgan fingerprint density at radius 2 is 0.481 bits per heavy atom. The number of hydrogen-bond donors (Lipinski definition) is 3. The highest BCUT2D eigenvalue weighted by molar-refractivity contribution is 7.47. The molecule has 0 bridgehead atoms. The summed E-state index contributed by atoms with van der Waals surface area (Å²) in [6.45, 7) is 4.69. The zero-order valence-corrected chi connectivity index (χ0v) is 67.2. The van der Waals surface area contributed by atoms with E-state index in [9.17, 15) is 43.2 Å². The maximum atomic E-state index is 13.1. The predicted molar refractivity (Wildman–Crippen MR) is 427 cm³/mol. The first-order valence-corrected chi connectivity index (χ1v) is 43.8. The number of ether oxygens (including phenoxy) is 4. The molecule has 0 aliphatic carbocycles. The highest BCUT2D eigenvalue weighted by atomic mass is 31.2. The second-order valence-electron chi connectivity index (χ2n) is 27.0. The number of unbranched alkanes of at least 4 members (excludes halogenated alkanes) is 30. The van der Waals surface area contributed by atoms with Gasteiger partial charge < -0.3 is 33.8 Å². The molecule has 0 saturated heterocycles. The Hall–Kier alpha value is -4.54. The highest BCUT2D eigenvalue weighted by Gasteiger charge is 2.30. The molecule has 0 aromatic carbocycles. The lowest BCUT2D eigenvalue weighted by atomic mass is 10.1. The van der Waals surface area contributed by atoms with Crippen molar-refractivity contribution in [2.75, 3.05) is 39.6 Å². The minimum absolute atomic E-state index is 0.0721. The summed E-state index contributed by atoms with van der Waals surface area (Å²) >= 11 is 0. The van der Waals surface area contributed by atoms with Crippen LogP contribution in [0, 0.1) is 0 Å². The highest BCUT2D eigenvalue weighted by Crippen LogP contribution is 2.45. The fraction of sp³-hybridized carbons (Fsp3) is 0.718. The Kier molecular flexibility index (Phi) is 73.3. The molecule has 3 unspecified atom stereocenters. The van der Waals surface area contributed by atoms with Gasteiger partial charge in [0.15, 0.2) is 12.2 Å². The average molecular weight is 1500 g/mol. The van der Waals surface area contributed by atoms with Crippen LogP contribution in [0.25, 0.3) is 0 Å². The Bertz CT molecular complexity index is 2440. The standard InChI is InChI=1S/C85H146O17P2/c1-5-9-13-17-21-25-29-33-37-39-43-46-50-54-58-62-66-70-83(88)96-76-81(102-85(90)72-68-64-60-56-52-48-44-40-38-34-30-26-22-18-14-10-6-2)78-100-104(93,94)98-74-79(86)73-97-103(91,92)99-77-80(101-84(89)71-67-63-59-55-51-47-42-36-32-28-24-20-16-12-8-4)75-95-82(87)69-65-61-57-53-49-45-41-35-31-27-23-19-15-11-7-3/h21-28,33-38,41-43,46,54,58,79-81,86H,5-20,29-32,39-40,44-45,47-53,55-57,59-78H2,1-4H3,(H,91,92)(H,93,94)/t79?,80-,81-/m1/s1. The third-order valence-electron chi connectivity index (χ3n) is 16.9. The largest absolute Gasteiger partial charge is 0.472 e. The number of hydrogen-bond acceptors (Lipinski definition) is 15. The normalized spacial score (nSPS) is 14.5. The molecule has 0 aliphatic heterocycles. The monoisotopic (exact) mass is 1500 g/mol. The number of rotatable bonds is 76. The van der Waals surface area contributed by atoms with Gasteiger partial charge in [0.1, 0.15) is 19.3 Å². The van der Waals surface area contributed by atoms with Gasteiger partial charge in [-0.3, -0.25) is 37.3 Å². The number of phosphoric acid groups is 2. The fourth-order valence-electron chi connectivity index (χ4n) is 10.6. The summed E-state index contributed by atoms with van der Waals surface area (Å²) < 4.78 is 68.6. The van der Waals surface area contributed by atoms with Crippen molar-refractivity contribution in [2.24, 2.45) is 0 Å². The Morgan fingerprint density at radius 1 is 0.269 bits per heavy atom. The second kappa shape index (κ2) is 76.6. The molecule has 0 aromatic rings. The first kappa shape index (κ1) is 99.5. The Labute approximate surface area is 632 Å². The zero-order chi connectivity index (χ0) is 76.0.